The van der Waals surface area contributed by atoms with Gasteiger partial charge in [-0.1, -0.05) is 23.7 Å². The number of ether oxygens (including phenoxy) is 1. The Bertz CT molecular complexity index is 1150. The normalized spacial score (nSPS) is 10.8. The molecule has 4 aromatic rings. The number of hydrogen-bond acceptors (Lipinski definition) is 5. The van der Waals surface area contributed by atoms with Gasteiger partial charge in [0.2, 0.25) is 5.89 Å². The van der Waals surface area contributed by atoms with E-state index in [4.69, 9.17) is 20.8 Å². The number of benzene rings is 3. The first-order valence-corrected chi connectivity index (χ1v) is 8.77. The topological polar surface area (TPSA) is 84.6 Å². The highest BCUT2D eigenvalue weighted by Gasteiger charge is 2.16. The molecule has 0 aliphatic rings. The summed E-state index contributed by atoms with van der Waals surface area (Å²) in [5.74, 6) is 0.258. The number of amides is 1. The average Bonchev–Trinajstić information content (AvgIpc) is 3.13. The van der Waals surface area contributed by atoms with Gasteiger partial charge < -0.3 is 19.6 Å². The van der Waals surface area contributed by atoms with E-state index in [0.717, 1.165) is 0 Å². The fraction of sp³-hybridized carbons (Fsp3) is 0.0476. The molecule has 1 aromatic heterocycles. The van der Waals surface area contributed by atoms with Crippen molar-refractivity contribution in [2.75, 3.05) is 12.4 Å². The van der Waals surface area contributed by atoms with Crippen LogP contribution in [0.2, 0.25) is 5.02 Å². The predicted octanol–water partition coefficient (Wildman–Crippen LogP) is 5.11. The molecule has 1 amide bonds. The number of aromatic hydroxyl groups is 1. The van der Waals surface area contributed by atoms with Gasteiger partial charge in [-0.2, -0.15) is 0 Å². The number of halogens is 1. The number of phenols is 1. The molecule has 0 atom stereocenters. The zero-order valence-electron chi connectivity index (χ0n) is 14.8. The highest BCUT2D eigenvalue weighted by molar-refractivity contribution is 6.31. The third kappa shape index (κ3) is 3.37. The SMILES string of the molecule is COc1ccc(Cl)cc1C(=O)Nc1ccc(O)c(-c2nc3ccccc3o2)c1. The summed E-state index contributed by atoms with van der Waals surface area (Å²) in [5.41, 5.74) is 2.41. The van der Waals surface area contributed by atoms with Crippen LogP contribution in [0.25, 0.3) is 22.6 Å². The van der Waals surface area contributed by atoms with E-state index in [9.17, 15) is 9.90 Å². The monoisotopic (exact) mass is 394 g/mol. The van der Waals surface area contributed by atoms with Crippen LogP contribution in [-0.4, -0.2) is 23.1 Å². The summed E-state index contributed by atoms with van der Waals surface area (Å²) in [7, 11) is 1.48. The number of carbonyl (C=O) groups excluding carboxylic acids is 1. The van der Waals surface area contributed by atoms with Crippen LogP contribution in [0, 0.1) is 0 Å². The van der Waals surface area contributed by atoms with E-state index < -0.39 is 5.91 Å². The first-order chi connectivity index (χ1) is 13.5. The predicted molar refractivity (Wildman–Crippen MR) is 107 cm³/mol. The number of aromatic nitrogens is 1. The van der Waals surface area contributed by atoms with Crippen LogP contribution in [-0.2, 0) is 0 Å². The Labute approximate surface area is 165 Å². The molecule has 2 N–H and O–H groups in total. The van der Waals surface area contributed by atoms with Crippen molar-refractivity contribution >= 4 is 34.3 Å². The quantitative estimate of drug-likeness (QED) is 0.469. The zero-order chi connectivity index (χ0) is 19.7. The van der Waals surface area contributed by atoms with Crippen molar-refractivity contribution in [3.63, 3.8) is 0 Å². The fourth-order valence-electron chi connectivity index (χ4n) is 2.83. The molecule has 7 heteroatoms. The molecule has 0 fully saturated rings. The summed E-state index contributed by atoms with van der Waals surface area (Å²) in [6.45, 7) is 0. The number of rotatable bonds is 4. The van der Waals surface area contributed by atoms with Gasteiger partial charge in [-0.3, -0.25) is 4.79 Å². The summed E-state index contributed by atoms with van der Waals surface area (Å²) in [6, 6.07) is 16.7. The summed E-state index contributed by atoms with van der Waals surface area (Å²) < 4.78 is 10.9. The minimum atomic E-state index is -0.395. The van der Waals surface area contributed by atoms with Crippen LogP contribution in [0.3, 0.4) is 0 Å². The first-order valence-electron chi connectivity index (χ1n) is 8.39. The maximum Gasteiger partial charge on any atom is 0.259 e. The number of carbonyl (C=O) groups is 1. The van der Waals surface area contributed by atoms with Gasteiger partial charge in [0, 0.05) is 10.7 Å². The van der Waals surface area contributed by atoms with E-state index in [1.807, 2.05) is 18.2 Å². The highest BCUT2D eigenvalue weighted by atomic mass is 35.5. The van der Waals surface area contributed by atoms with E-state index in [-0.39, 0.29) is 11.6 Å². The van der Waals surface area contributed by atoms with Crippen molar-refractivity contribution in [1.82, 2.24) is 4.98 Å². The second-order valence-electron chi connectivity index (χ2n) is 6.02. The van der Waals surface area contributed by atoms with Crippen molar-refractivity contribution in [3.05, 3.63) is 71.2 Å². The molecule has 0 bridgehead atoms. The second-order valence-corrected chi connectivity index (χ2v) is 6.45. The van der Waals surface area contributed by atoms with Crippen LogP contribution in [0.1, 0.15) is 10.4 Å². The van der Waals surface area contributed by atoms with E-state index in [0.29, 0.717) is 38.7 Å². The van der Waals surface area contributed by atoms with Gasteiger partial charge in [0.1, 0.15) is 17.0 Å². The number of nitrogens with zero attached hydrogens (tertiary/aromatic N) is 1. The Morgan fingerprint density at radius 3 is 2.75 bits per heavy atom. The van der Waals surface area contributed by atoms with Crippen molar-refractivity contribution in [1.29, 1.82) is 0 Å². The standard InChI is InChI=1S/C21H15ClN2O4/c1-27-18-9-6-12(22)10-15(18)20(26)23-13-7-8-17(25)14(11-13)21-24-16-4-2-3-5-19(16)28-21/h2-11,25H,1H3,(H,23,26). The number of methoxy groups -OCH3 is 1. The molecule has 0 radical (unpaired) electrons. The molecule has 28 heavy (non-hydrogen) atoms. The number of nitrogens with one attached hydrogen (secondary N) is 1. The largest absolute Gasteiger partial charge is 0.507 e. The van der Waals surface area contributed by atoms with E-state index >= 15 is 0 Å². The van der Waals surface area contributed by atoms with Crippen LogP contribution in [0.4, 0.5) is 5.69 Å². The number of para-hydroxylation sites is 2. The Hall–Kier alpha value is -3.51. The van der Waals surface area contributed by atoms with Gasteiger partial charge >= 0.3 is 0 Å². The summed E-state index contributed by atoms with van der Waals surface area (Å²) in [6.07, 6.45) is 0. The third-order valence-electron chi connectivity index (χ3n) is 4.18. The van der Waals surface area contributed by atoms with Crippen molar-refractivity contribution < 1.29 is 19.1 Å². The molecule has 0 saturated carbocycles. The van der Waals surface area contributed by atoms with Crippen molar-refractivity contribution in [2.45, 2.75) is 0 Å². The van der Waals surface area contributed by atoms with Gasteiger partial charge in [0.05, 0.1) is 18.2 Å². The lowest BCUT2D eigenvalue weighted by molar-refractivity contribution is 0.102. The second kappa shape index (κ2) is 7.25. The highest BCUT2D eigenvalue weighted by Crippen LogP contribution is 2.33. The number of anilines is 1. The molecule has 0 spiro atoms. The van der Waals surface area contributed by atoms with Gasteiger partial charge in [0.25, 0.3) is 5.91 Å². The summed E-state index contributed by atoms with van der Waals surface area (Å²) in [5, 5.41) is 13.4. The van der Waals surface area contributed by atoms with Gasteiger partial charge in [0.15, 0.2) is 5.58 Å². The maximum atomic E-state index is 12.7. The molecule has 0 saturated heterocycles. The Morgan fingerprint density at radius 1 is 1.14 bits per heavy atom. The summed E-state index contributed by atoms with van der Waals surface area (Å²) in [4.78, 5) is 17.1. The average molecular weight is 395 g/mol. The van der Waals surface area contributed by atoms with E-state index in [1.54, 1.807) is 30.3 Å². The smallest absolute Gasteiger partial charge is 0.259 e. The number of oxazole rings is 1. The van der Waals surface area contributed by atoms with E-state index in [1.165, 1.54) is 19.2 Å². The Kier molecular flexibility index (Phi) is 4.63. The van der Waals surface area contributed by atoms with Crippen LogP contribution in [0.5, 0.6) is 11.5 Å². The Balaban J connectivity index is 1.67. The van der Waals surface area contributed by atoms with Gasteiger partial charge in [-0.15, -0.1) is 0 Å². The molecule has 6 nitrogen and oxygen atoms in total. The molecule has 1 heterocycles. The summed E-state index contributed by atoms with van der Waals surface area (Å²) >= 11 is 6.00. The Morgan fingerprint density at radius 2 is 1.96 bits per heavy atom. The van der Waals surface area contributed by atoms with E-state index in [2.05, 4.69) is 10.3 Å². The lowest BCUT2D eigenvalue weighted by atomic mass is 10.1. The fourth-order valence-corrected chi connectivity index (χ4v) is 3.00. The third-order valence-corrected chi connectivity index (χ3v) is 4.42. The van der Waals surface area contributed by atoms with Crippen molar-refractivity contribution in [2.24, 2.45) is 0 Å². The van der Waals surface area contributed by atoms with Gasteiger partial charge in [-0.05, 0) is 48.5 Å². The molecule has 3 aromatic carbocycles. The molecule has 140 valence electrons. The number of phenolic OH excluding ortho intramolecular Hbond substituents is 1. The molecular weight excluding hydrogens is 380 g/mol. The lowest BCUT2D eigenvalue weighted by Crippen LogP contribution is -2.13. The minimum Gasteiger partial charge on any atom is -0.507 e. The van der Waals surface area contributed by atoms with Crippen LogP contribution >= 0.6 is 11.6 Å². The zero-order valence-corrected chi connectivity index (χ0v) is 15.5. The first kappa shape index (κ1) is 17.9. The molecule has 0 aliphatic heterocycles. The lowest BCUT2D eigenvalue weighted by Gasteiger charge is -2.11. The van der Waals surface area contributed by atoms with Gasteiger partial charge in [-0.25, -0.2) is 4.98 Å². The number of hydrogen-bond donors (Lipinski definition) is 2. The van der Waals surface area contributed by atoms with Crippen LogP contribution in [0.15, 0.2) is 65.1 Å². The molecule has 0 unspecified atom stereocenters. The molecular formula is C21H15ClN2O4. The number of fused-ring (bicyclic) bond motifs is 1. The molecule has 4 rings (SSSR count). The van der Waals surface area contributed by atoms with Crippen molar-refractivity contribution in [3.8, 4) is 23.0 Å². The minimum absolute atomic E-state index is 0.00936. The molecule has 0 aliphatic carbocycles. The van der Waals surface area contributed by atoms with Crippen LogP contribution < -0.4 is 10.1 Å². The maximum absolute atomic E-state index is 12.7.